The first-order chi connectivity index (χ1) is 13.6. The highest BCUT2D eigenvalue weighted by Crippen LogP contribution is 2.30. The maximum absolute atomic E-state index is 13.6. The molecule has 0 unspecified atom stereocenters. The number of esters is 1. The van der Waals surface area contributed by atoms with E-state index in [0.717, 1.165) is 27.4 Å². The summed E-state index contributed by atoms with van der Waals surface area (Å²) in [6.45, 7) is 4.09. The van der Waals surface area contributed by atoms with E-state index in [1.165, 1.54) is 0 Å². The van der Waals surface area contributed by atoms with Gasteiger partial charge in [0.2, 0.25) is 0 Å². The number of ketones is 1. The minimum absolute atomic E-state index is 0.0342. The molecule has 0 fully saturated rings. The fourth-order valence-electron chi connectivity index (χ4n) is 3.82. The predicted octanol–water partition coefficient (Wildman–Crippen LogP) is 4.90. The van der Waals surface area contributed by atoms with Crippen molar-refractivity contribution in [2.75, 3.05) is 6.61 Å². The van der Waals surface area contributed by atoms with Crippen LogP contribution < -0.4 is 0 Å². The Bertz CT molecular complexity index is 1200. The van der Waals surface area contributed by atoms with Crippen LogP contribution in [0.25, 0.3) is 21.7 Å². The van der Waals surface area contributed by atoms with Crippen molar-refractivity contribution >= 4 is 33.4 Å². The number of carbonyl (C=O) groups excluding carboxylic acids is 2. The number of para-hydroxylation sites is 1. The molecule has 4 nitrogen and oxygen atoms in total. The van der Waals surface area contributed by atoms with E-state index < -0.39 is 0 Å². The molecule has 0 N–H and O–H groups in total. The van der Waals surface area contributed by atoms with Crippen LogP contribution in [0.4, 0.5) is 0 Å². The van der Waals surface area contributed by atoms with Crippen molar-refractivity contribution in [1.82, 2.24) is 4.57 Å². The molecule has 1 heterocycles. The third-order valence-electron chi connectivity index (χ3n) is 5.08. The molecule has 0 aliphatic rings. The third kappa shape index (κ3) is 2.97. The van der Waals surface area contributed by atoms with Gasteiger partial charge in [0.05, 0.1) is 12.2 Å². The first kappa shape index (κ1) is 18.0. The molecule has 0 saturated carbocycles. The first-order valence-electron chi connectivity index (χ1n) is 9.37. The van der Waals surface area contributed by atoms with Gasteiger partial charge in [0.25, 0.3) is 0 Å². The van der Waals surface area contributed by atoms with E-state index in [1.807, 2.05) is 78.2 Å². The van der Waals surface area contributed by atoms with Crippen LogP contribution in [-0.4, -0.2) is 22.9 Å². The summed E-state index contributed by atoms with van der Waals surface area (Å²) in [5, 5.41) is 2.81. The van der Waals surface area contributed by atoms with Gasteiger partial charge in [-0.15, -0.1) is 0 Å². The Hall–Kier alpha value is -3.40. The molecule has 4 heteroatoms. The molecule has 1 aromatic heterocycles. The van der Waals surface area contributed by atoms with E-state index in [-0.39, 0.29) is 18.3 Å². The van der Waals surface area contributed by atoms with Gasteiger partial charge in [-0.3, -0.25) is 9.59 Å². The minimum Gasteiger partial charge on any atom is -0.465 e. The highest BCUT2D eigenvalue weighted by Gasteiger charge is 2.23. The molecule has 0 aliphatic carbocycles. The van der Waals surface area contributed by atoms with Crippen LogP contribution in [0.5, 0.6) is 0 Å². The third-order valence-corrected chi connectivity index (χ3v) is 5.08. The maximum atomic E-state index is 13.6. The number of hydrogen-bond donors (Lipinski definition) is 0. The molecule has 0 saturated heterocycles. The largest absolute Gasteiger partial charge is 0.465 e. The van der Waals surface area contributed by atoms with Crippen molar-refractivity contribution in [2.24, 2.45) is 0 Å². The molecule has 4 rings (SSSR count). The molecular weight excluding hydrogens is 350 g/mol. The molecule has 28 heavy (non-hydrogen) atoms. The average molecular weight is 371 g/mol. The quantitative estimate of drug-likeness (QED) is 0.370. The molecule has 0 radical (unpaired) electrons. The van der Waals surface area contributed by atoms with E-state index in [0.29, 0.717) is 17.7 Å². The topological polar surface area (TPSA) is 48.3 Å². The monoisotopic (exact) mass is 371 g/mol. The van der Waals surface area contributed by atoms with E-state index in [1.54, 1.807) is 6.92 Å². The lowest BCUT2D eigenvalue weighted by Crippen LogP contribution is -2.15. The zero-order valence-corrected chi connectivity index (χ0v) is 15.9. The van der Waals surface area contributed by atoms with Gasteiger partial charge in [-0.2, -0.15) is 0 Å². The van der Waals surface area contributed by atoms with Crippen LogP contribution in [-0.2, 0) is 16.1 Å². The Balaban J connectivity index is 1.90. The van der Waals surface area contributed by atoms with Crippen molar-refractivity contribution in [3.05, 3.63) is 83.6 Å². The van der Waals surface area contributed by atoms with E-state index >= 15 is 0 Å². The standard InChI is InChI=1S/C24H21NO3/c1-3-28-22(26)15-25-16(2)23(20-12-6-7-14-21(20)25)24(27)19-13-8-10-17-9-4-5-11-18(17)19/h4-14H,3,15H2,1-2H3. The number of hydrogen-bond acceptors (Lipinski definition) is 3. The van der Waals surface area contributed by atoms with Gasteiger partial charge in [-0.05, 0) is 30.7 Å². The highest BCUT2D eigenvalue weighted by atomic mass is 16.5. The molecule has 3 aromatic carbocycles. The molecule has 0 aliphatic heterocycles. The van der Waals surface area contributed by atoms with Gasteiger partial charge in [0, 0.05) is 22.2 Å². The lowest BCUT2D eigenvalue weighted by Gasteiger charge is -2.09. The van der Waals surface area contributed by atoms with E-state index in [4.69, 9.17) is 4.74 Å². The number of fused-ring (bicyclic) bond motifs is 2. The molecular formula is C24H21NO3. The summed E-state index contributed by atoms with van der Waals surface area (Å²) in [5.41, 5.74) is 2.93. The van der Waals surface area contributed by atoms with Gasteiger partial charge in [-0.25, -0.2) is 0 Å². The maximum Gasteiger partial charge on any atom is 0.325 e. The van der Waals surface area contributed by atoms with Crippen molar-refractivity contribution < 1.29 is 14.3 Å². The van der Waals surface area contributed by atoms with Crippen LogP contribution >= 0.6 is 0 Å². The van der Waals surface area contributed by atoms with Gasteiger partial charge in [0.15, 0.2) is 5.78 Å². The summed E-state index contributed by atoms with van der Waals surface area (Å²) in [6.07, 6.45) is 0. The zero-order valence-electron chi connectivity index (χ0n) is 15.9. The van der Waals surface area contributed by atoms with Crippen molar-refractivity contribution in [1.29, 1.82) is 0 Å². The Morgan fingerprint density at radius 3 is 2.36 bits per heavy atom. The summed E-state index contributed by atoms with van der Waals surface area (Å²) in [6, 6.07) is 21.3. The summed E-state index contributed by atoms with van der Waals surface area (Å²) in [7, 11) is 0. The predicted molar refractivity (Wildman–Crippen MR) is 111 cm³/mol. The highest BCUT2D eigenvalue weighted by molar-refractivity contribution is 6.22. The fourth-order valence-corrected chi connectivity index (χ4v) is 3.82. The summed E-state index contributed by atoms with van der Waals surface area (Å²) < 4.78 is 6.98. The number of ether oxygens (including phenoxy) is 1. The van der Waals surface area contributed by atoms with E-state index in [2.05, 4.69) is 0 Å². The molecule has 0 spiro atoms. The Kier molecular flexibility index (Phi) is 4.70. The number of rotatable bonds is 5. The van der Waals surface area contributed by atoms with Gasteiger partial charge < -0.3 is 9.30 Å². The average Bonchev–Trinajstić information content (AvgIpc) is 2.99. The number of carbonyl (C=O) groups is 2. The summed E-state index contributed by atoms with van der Waals surface area (Å²) in [5.74, 6) is -0.344. The summed E-state index contributed by atoms with van der Waals surface area (Å²) >= 11 is 0. The van der Waals surface area contributed by atoms with Gasteiger partial charge >= 0.3 is 5.97 Å². The lowest BCUT2D eigenvalue weighted by molar-refractivity contribution is -0.143. The van der Waals surface area contributed by atoms with Crippen LogP contribution in [0.3, 0.4) is 0 Å². The smallest absolute Gasteiger partial charge is 0.325 e. The van der Waals surface area contributed by atoms with Crippen molar-refractivity contribution in [3.63, 3.8) is 0 Å². The first-order valence-corrected chi connectivity index (χ1v) is 9.37. The van der Waals surface area contributed by atoms with Crippen LogP contribution in [0.2, 0.25) is 0 Å². The Morgan fingerprint density at radius 1 is 0.893 bits per heavy atom. The van der Waals surface area contributed by atoms with Crippen LogP contribution in [0.1, 0.15) is 28.5 Å². The number of aromatic nitrogens is 1. The second-order valence-corrected chi connectivity index (χ2v) is 6.72. The number of nitrogens with zero attached hydrogens (tertiary/aromatic N) is 1. The SMILES string of the molecule is CCOC(=O)Cn1c(C)c(C(=O)c2cccc3ccccc23)c2ccccc21. The second kappa shape index (κ2) is 7.31. The van der Waals surface area contributed by atoms with Crippen LogP contribution in [0.15, 0.2) is 66.7 Å². The minimum atomic E-state index is -0.310. The number of benzene rings is 3. The fraction of sp³-hybridized carbons (Fsp3) is 0.167. The molecule has 0 atom stereocenters. The van der Waals surface area contributed by atoms with Crippen molar-refractivity contribution in [2.45, 2.75) is 20.4 Å². The molecule has 0 amide bonds. The molecule has 140 valence electrons. The van der Waals surface area contributed by atoms with Gasteiger partial charge in [-0.1, -0.05) is 60.7 Å². The van der Waals surface area contributed by atoms with Crippen molar-refractivity contribution in [3.8, 4) is 0 Å². The summed E-state index contributed by atoms with van der Waals surface area (Å²) in [4.78, 5) is 25.7. The molecule has 0 bridgehead atoms. The second-order valence-electron chi connectivity index (χ2n) is 6.72. The Labute approximate surface area is 163 Å². The Morgan fingerprint density at radius 2 is 1.57 bits per heavy atom. The van der Waals surface area contributed by atoms with Crippen LogP contribution in [0, 0.1) is 6.92 Å². The van der Waals surface area contributed by atoms with Gasteiger partial charge in [0.1, 0.15) is 6.54 Å². The zero-order chi connectivity index (χ0) is 19.7. The lowest BCUT2D eigenvalue weighted by atomic mass is 9.95. The van der Waals surface area contributed by atoms with E-state index in [9.17, 15) is 9.59 Å². The molecule has 4 aromatic rings. The normalized spacial score (nSPS) is 11.1.